The number of hydrogen-bond donors (Lipinski definition) is 1. The topological polar surface area (TPSA) is 33.1 Å². The largest absolute Gasteiger partial charge is 0.506 e. The smallest absolute Gasteiger partial charge is 0.140 e. The van der Waals surface area contributed by atoms with E-state index in [1.807, 2.05) is 20.0 Å². The third kappa shape index (κ3) is 1.42. The van der Waals surface area contributed by atoms with Crippen molar-refractivity contribution in [1.29, 1.82) is 0 Å². The molecule has 0 fully saturated rings. The van der Waals surface area contributed by atoms with E-state index in [0.29, 0.717) is 5.75 Å². The molecule has 0 saturated carbocycles. The average molecular weight is 165 g/mol. The first-order valence-electron chi connectivity index (χ1n) is 4.37. The standard InChI is InChI=1S/C10H15NO/c1-4-8-6-11-7(3)10(12)9(8)5-2/h6,12H,4-5H2,1-3H3. The van der Waals surface area contributed by atoms with E-state index < -0.39 is 0 Å². The van der Waals surface area contributed by atoms with Gasteiger partial charge in [0.15, 0.2) is 0 Å². The van der Waals surface area contributed by atoms with Gasteiger partial charge < -0.3 is 5.11 Å². The zero-order chi connectivity index (χ0) is 9.14. The quantitative estimate of drug-likeness (QED) is 0.729. The van der Waals surface area contributed by atoms with E-state index in [2.05, 4.69) is 11.9 Å². The molecule has 0 aromatic carbocycles. The first kappa shape index (κ1) is 9.04. The molecule has 66 valence electrons. The summed E-state index contributed by atoms with van der Waals surface area (Å²) in [6.07, 6.45) is 3.66. The van der Waals surface area contributed by atoms with Crippen molar-refractivity contribution < 1.29 is 5.11 Å². The molecule has 1 rings (SSSR count). The Labute approximate surface area is 73.3 Å². The molecular weight excluding hydrogens is 150 g/mol. The van der Waals surface area contributed by atoms with Crippen LogP contribution in [0.25, 0.3) is 0 Å². The zero-order valence-electron chi connectivity index (χ0n) is 7.89. The highest BCUT2D eigenvalue weighted by Crippen LogP contribution is 2.24. The van der Waals surface area contributed by atoms with Crippen molar-refractivity contribution >= 4 is 0 Å². The Morgan fingerprint density at radius 1 is 1.33 bits per heavy atom. The lowest BCUT2D eigenvalue weighted by molar-refractivity contribution is 0.459. The summed E-state index contributed by atoms with van der Waals surface area (Å²) in [4.78, 5) is 4.11. The maximum Gasteiger partial charge on any atom is 0.140 e. The summed E-state index contributed by atoms with van der Waals surface area (Å²) in [5.74, 6) is 0.372. The molecule has 0 atom stereocenters. The van der Waals surface area contributed by atoms with E-state index in [1.165, 1.54) is 0 Å². The summed E-state index contributed by atoms with van der Waals surface area (Å²) in [6, 6.07) is 0. The second-order valence-corrected chi connectivity index (χ2v) is 2.90. The Kier molecular flexibility index (Phi) is 2.69. The molecule has 0 aliphatic carbocycles. The van der Waals surface area contributed by atoms with Crippen LogP contribution in [0, 0.1) is 6.92 Å². The lowest BCUT2D eigenvalue weighted by atomic mass is 10.0. The van der Waals surface area contributed by atoms with Crippen molar-refractivity contribution in [2.45, 2.75) is 33.6 Å². The maximum atomic E-state index is 9.65. The van der Waals surface area contributed by atoms with Crippen LogP contribution in [0.5, 0.6) is 5.75 Å². The number of hydrogen-bond acceptors (Lipinski definition) is 2. The van der Waals surface area contributed by atoms with Gasteiger partial charge in [-0.2, -0.15) is 0 Å². The predicted molar refractivity (Wildman–Crippen MR) is 49.4 cm³/mol. The lowest BCUT2D eigenvalue weighted by Crippen LogP contribution is -1.95. The fourth-order valence-electron chi connectivity index (χ4n) is 1.38. The fourth-order valence-corrected chi connectivity index (χ4v) is 1.38. The highest BCUT2D eigenvalue weighted by Gasteiger charge is 2.07. The molecule has 1 N–H and O–H groups in total. The number of aromatic hydroxyl groups is 1. The number of aromatic nitrogens is 1. The monoisotopic (exact) mass is 165 g/mol. The molecule has 2 heteroatoms. The number of rotatable bonds is 2. The molecule has 1 heterocycles. The molecule has 0 spiro atoms. The first-order chi connectivity index (χ1) is 5.70. The second kappa shape index (κ2) is 3.57. The van der Waals surface area contributed by atoms with Crippen molar-refractivity contribution in [1.82, 2.24) is 4.98 Å². The zero-order valence-corrected chi connectivity index (χ0v) is 7.89. The molecule has 0 unspecified atom stereocenters. The van der Waals surface area contributed by atoms with Crippen molar-refractivity contribution in [3.05, 3.63) is 23.0 Å². The molecule has 1 aromatic rings. The van der Waals surface area contributed by atoms with Crippen molar-refractivity contribution in [2.24, 2.45) is 0 Å². The van der Waals surface area contributed by atoms with Gasteiger partial charge in [-0.1, -0.05) is 13.8 Å². The minimum atomic E-state index is 0.372. The van der Waals surface area contributed by atoms with Gasteiger partial charge in [-0.15, -0.1) is 0 Å². The third-order valence-electron chi connectivity index (χ3n) is 2.16. The Hall–Kier alpha value is -1.05. The molecule has 0 bridgehead atoms. The van der Waals surface area contributed by atoms with Crippen LogP contribution in [0.3, 0.4) is 0 Å². The SMILES string of the molecule is CCc1cnc(C)c(O)c1CC. The van der Waals surface area contributed by atoms with Gasteiger partial charge in [0.2, 0.25) is 0 Å². The first-order valence-corrected chi connectivity index (χ1v) is 4.37. The van der Waals surface area contributed by atoms with Crippen LogP contribution >= 0.6 is 0 Å². The van der Waals surface area contributed by atoms with Gasteiger partial charge in [-0.3, -0.25) is 4.98 Å². The minimum absolute atomic E-state index is 0.372. The number of nitrogens with zero attached hydrogens (tertiary/aromatic N) is 1. The molecule has 2 nitrogen and oxygen atoms in total. The Bertz CT molecular complexity index is 281. The highest BCUT2D eigenvalue weighted by molar-refractivity contribution is 5.40. The lowest BCUT2D eigenvalue weighted by Gasteiger charge is -2.08. The minimum Gasteiger partial charge on any atom is -0.506 e. The highest BCUT2D eigenvalue weighted by atomic mass is 16.3. The van der Waals surface area contributed by atoms with Crippen LogP contribution in [0.15, 0.2) is 6.20 Å². The Balaban J connectivity index is 3.25. The summed E-state index contributed by atoms with van der Waals surface area (Å²) >= 11 is 0. The van der Waals surface area contributed by atoms with Gasteiger partial charge in [0.1, 0.15) is 5.75 Å². The van der Waals surface area contributed by atoms with E-state index in [0.717, 1.165) is 29.7 Å². The predicted octanol–water partition coefficient (Wildman–Crippen LogP) is 2.22. The van der Waals surface area contributed by atoms with E-state index in [9.17, 15) is 5.11 Å². The number of pyridine rings is 1. The molecule has 0 aliphatic heterocycles. The molecular formula is C10H15NO. The van der Waals surface area contributed by atoms with Crippen LogP contribution in [-0.4, -0.2) is 10.1 Å². The van der Waals surface area contributed by atoms with Crippen LogP contribution < -0.4 is 0 Å². The van der Waals surface area contributed by atoms with E-state index in [4.69, 9.17) is 0 Å². The molecule has 0 aliphatic rings. The molecule has 0 radical (unpaired) electrons. The van der Waals surface area contributed by atoms with Gasteiger partial charge in [-0.05, 0) is 25.3 Å². The fraction of sp³-hybridized carbons (Fsp3) is 0.500. The summed E-state index contributed by atoms with van der Waals surface area (Å²) in [5.41, 5.74) is 2.93. The van der Waals surface area contributed by atoms with Crippen molar-refractivity contribution in [3.8, 4) is 5.75 Å². The van der Waals surface area contributed by atoms with Crippen molar-refractivity contribution in [2.75, 3.05) is 0 Å². The van der Waals surface area contributed by atoms with Gasteiger partial charge in [0.25, 0.3) is 0 Å². The summed E-state index contributed by atoms with van der Waals surface area (Å²) in [6.45, 7) is 5.95. The molecule has 12 heavy (non-hydrogen) atoms. The summed E-state index contributed by atoms with van der Waals surface area (Å²) < 4.78 is 0. The molecule has 1 aromatic heterocycles. The third-order valence-corrected chi connectivity index (χ3v) is 2.16. The second-order valence-electron chi connectivity index (χ2n) is 2.90. The van der Waals surface area contributed by atoms with Gasteiger partial charge in [0.05, 0.1) is 5.69 Å². The normalized spacial score (nSPS) is 10.2. The van der Waals surface area contributed by atoms with E-state index in [-0.39, 0.29) is 0 Å². The van der Waals surface area contributed by atoms with Gasteiger partial charge >= 0.3 is 0 Å². The van der Waals surface area contributed by atoms with E-state index >= 15 is 0 Å². The van der Waals surface area contributed by atoms with Crippen molar-refractivity contribution in [3.63, 3.8) is 0 Å². The van der Waals surface area contributed by atoms with Gasteiger partial charge in [-0.25, -0.2) is 0 Å². The van der Waals surface area contributed by atoms with Crippen LogP contribution in [0.1, 0.15) is 30.7 Å². The number of aryl methyl sites for hydroxylation is 2. The molecule has 0 amide bonds. The average Bonchev–Trinajstić information content (AvgIpc) is 2.09. The Morgan fingerprint density at radius 2 is 2.00 bits per heavy atom. The summed E-state index contributed by atoms with van der Waals surface area (Å²) in [5, 5.41) is 9.65. The van der Waals surface area contributed by atoms with Gasteiger partial charge in [0, 0.05) is 11.8 Å². The molecule has 0 saturated heterocycles. The summed E-state index contributed by atoms with van der Waals surface area (Å²) in [7, 11) is 0. The maximum absolute atomic E-state index is 9.65. The van der Waals surface area contributed by atoms with E-state index in [1.54, 1.807) is 0 Å². The van der Waals surface area contributed by atoms with Crippen LogP contribution in [0.2, 0.25) is 0 Å². The van der Waals surface area contributed by atoms with Crippen LogP contribution in [-0.2, 0) is 12.8 Å². The Morgan fingerprint density at radius 3 is 2.50 bits per heavy atom. The van der Waals surface area contributed by atoms with Crippen LogP contribution in [0.4, 0.5) is 0 Å².